The van der Waals surface area contributed by atoms with Crippen LogP contribution in [-0.2, 0) is 9.47 Å². The van der Waals surface area contributed by atoms with Crippen LogP contribution < -0.4 is 15.5 Å². The van der Waals surface area contributed by atoms with Crippen molar-refractivity contribution in [1.82, 2.24) is 24.8 Å². The lowest BCUT2D eigenvalue weighted by molar-refractivity contribution is 0.122. The number of nitrogens with zero attached hydrogens (tertiary/aromatic N) is 5. The summed E-state index contributed by atoms with van der Waals surface area (Å²) >= 11 is 0. The number of nitrogens with one attached hydrogen (secondary N) is 2. The molecule has 1 aromatic carbocycles. The Morgan fingerprint density at radius 1 is 1.10 bits per heavy atom. The van der Waals surface area contributed by atoms with Crippen molar-refractivity contribution in [1.29, 1.82) is 0 Å². The van der Waals surface area contributed by atoms with Gasteiger partial charge in [-0.2, -0.15) is 9.97 Å². The number of carbonyl (C=O) groups excluding carboxylic acids is 1. The van der Waals surface area contributed by atoms with Gasteiger partial charge in [-0.25, -0.2) is 18.6 Å². The second kappa shape index (κ2) is 13.4. The predicted molar refractivity (Wildman–Crippen MR) is 153 cm³/mol. The van der Waals surface area contributed by atoms with Crippen LogP contribution in [0, 0.1) is 12.8 Å². The number of amides is 1. The molecule has 41 heavy (non-hydrogen) atoms. The second-order valence-electron chi connectivity index (χ2n) is 10.8. The van der Waals surface area contributed by atoms with Crippen LogP contribution in [0.15, 0.2) is 24.3 Å². The molecule has 2 N–H and O–H groups in total. The summed E-state index contributed by atoms with van der Waals surface area (Å²) in [5, 5.41) is 6.36. The van der Waals surface area contributed by atoms with E-state index >= 15 is 0 Å². The molecule has 2 aromatic heterocycles. The lowest BCUT2D eigenvalue weighted by Crippen LogP contribution is -2.39. The number of rotatable bonds is 10. The Morgan fingerprint density at radius 2 is 1.85 bits per heavy atom. The molecule has 0 radical (unpaired) electrons. The van der Waals surface area contributed by atoms with Crippen molar-refractivity contribution in [3.63, 3.8) is 0 Å². The number of hydrogen-bond donors (Lipinski definition) is 2. The van der Waals surface area contributed by atoms with E-state index in [1.807, 2.05) is 19.1 Å². The van der Waals surface area contributed by atoms with Crippen molar-refractivity contribution in [3.8, 4) is 5.82 Å². The van der Waals surface area contributed by atoms with Crippen LogP contribution >= 0.6 is 0 Å². The molecular weight excluding hydrogens is 532 g/mol. The molecule has 1 aliphatic carbocycles. The standard InChI is InChI=1S/C29H39F2N7O3/c1-3-4-13-41-29(39)33-21-8-6-20(7-9-21)18-32-28-35-24(37-11-14-40-15-12-37)17-25(36-28)38-23-16-19(2)5-10-22(23)34-27(38)26(30)31/h5,10,16-17,20-21,26H,3-4,6-9,11-15,18H2,1-2H3,(H,33,39)(H,32,35,36)/t20-,21-. The average molecular weight is 572 g/mol. The van der Waals surface area contributed by atoms with Gasteiger partial charge in [0.2, 0.25) is 5.95 Å². The Bertz CT molecular complexity index is 1320. The van der Waals surface area contributed by atoms with Crippen LogP contribution in [0.3, 0.4) is 0 Å². The number of carbonyl (C=O) groups is 1. The first-order chi connectivity index (χ1) is 19.9. The van der Waals surface area contributed by atoms with Crippen LogP contribution in [0.25, 0.3) is 16.9 Å². The lowest BCUT2D eigenvalue weighted by Gasteiger charge is -2.30. The normalized spacial score (nSPS) is 19.5. The number of hydrogen-bond acceptors (Lipinski definition) is 8. The number of halogens is 2. The number of alkyl carbamates (subject to hydrolysis) is 1. The molecule has 1 amide bonds. The summed E-state index contributed by atoms with van der Waals surface area (Å²) in [5.74, 6) is 1.42. The molecule has 3 aromatic rings. The van der Waals surface area contributed by atoms with Gasteiger partial charge in [-0.3, -0.25) is 4.57 Å². The minimum Gasteiger partial charge on any atom is -0.450 e. The van der Waals surface area contributed by atoms with E-state index < -0.39 is 6.43 Å². The fourth-order valence-corrected chi connectivity index (χ4v) is 5.43. The Morgan fingerprint density at radius 3 is 2.59 bits per heavy atom. The fraction of sp³-hybridized carbons (Fsp3) is 0.586. The van der Waals surface area contributed by atoms with Gasteiger partial charge < -0.3 is 25.0 Å². The quantitative estimate of drug-likeness (QED) is 0.312. The number of fused-ring (bicyclic) bond motifs is 1. The summed E-state index contributed by atoms with van der Waals surface area (Å²) in [5.41, 5.74) is 2.02. The van der Waals surface area contributed by atoms with E-state index in [1.165, 1.54) is 4.57 Å². The summed E-state index contributed by atoms with van der Waals surface area (Å²) in [6.45, 7) is 7.51. The number of alkyl halides is 2. The SMILES string of the molecule is CCCCOC(=O)N[C@H]1CC[C@H](CNc2nc(N3CCOCC3)cc(-n3c(C(F)F)nc4ccc(C)cc43)n2)CC1. The van der Waals surface area contributed by atoms with Crippen molar-refractivity contribution in [2.75, 3.05) is 49.7 Å². The first-order valence-electron chi connectivity index (χ1n) is 14.6. The highest BCUT2D eigenvalue weighted by Gasteiger charge is 2.25. The molecule has 222 valence electrons. The van der Waals surface area contributed by atoms with Crippen molar-refractivity contribution in [3.05, 3.63) is 35.7 Å². The maximum absolute atomic E-state index is 14.2. The molecular formula is C29H39F2N7O3. The second-order valence-corrected chi connectivity index (χ2v) is 10.8. The zero-order valence-electron chi connectivity index (χ0n) is 23.7. The Hall–Kier alpha value is -3.54. The number of morpholine rings is 1. The van der Waals surface area contributed by atoms with E-state index in [0.717, 1.165) is 44.1 Å². The van der Waals surface area contributed by atoms with Gasteiger partial charge in [0.05, 0.1) is 30.9 Å². The van der Waals surface area contributed by atoms with Gasteiger partial charge in [0, 0.05) is 31.7 Å². The summed E-state index contributed by atoms with van der Waals surface area (Å²) in [4.78, 5) is 27.8. The highest BCUT2D eigenvalue weighted by Crippen LogP contribution is 2.30. The molecule has 0 bridgehead atoms. The maximum Gasteiger partial charge on any atom is 0.407 e. The lowest BCUT2D eigenvalue weighted by atomic mass is 9.86. The van der Waals surface area contributed by atoms with E-state index in [2.05, 4.69) is 27.4 Å². The highest BCUT2D eigenvalue weighted by atomic mass is 19.3. The van der Waals surface area contributed by atoms with Gasteiger partial charge in [0.15, 0.2) is 5.82 Å². The number of anilines is 2. The van der Waals surface area contributed by atoms with E-state index in [9.17, 15) is 13.6 Å². The number of aryl methyl sites for hydroxylation is 1. The van der Waals surface area contributed by atoms with Gasteiger partial charge in [-0.15, -0.1) is 0 Å². The molecule has 5 rings (SSSR count). The molecule has 0 unspecified atom stereocenters. The number of imidazole rings is 1. The Balaban J connectivity index is 1.33. The van der Waals surface area contributed by atoms with Crippen molar-refractivity contribution in [2.24, 2.45) is 5.92 Å². The molecule has 0 spiro atoms. The molecule has 2 aliphatic rings. The summed E-state index contributed by atoms with van der Waals surface area (Å²) in [6.07, 6.45) is 2.34. The van der Waals surface area contributed by atoms with Crippen LogP contribution in [-0.4, -0.2) is 71.1 Å². The van der Waals surface area contributed by atoms with E-state index in [4.69, 9.17) is 19.4 Å². The number of aromatic nitrogens is 4. The molecule has 10 nitrogen and oxygen atoms in total. The largest absolute Gasteiger partial charge is 0.450 e. The van der Waals surface area contributed by atoms with E-state index in [-0.39, 0.29) is 18.0 Å². The number of ether oxygens (including phenoxy) is 2. The molecule has 12 heteroatoms. The summed E-state index contributed by atoms with van der Waals surface area (Å²) in [6, 6.07) is 7.33. The van der Waals surface area contributed by atoms with Gasteiger partial charge in [-0.1, -0.05) is 19.4 Å². The van der Waals surface area contributed by atoms with Crippen LogP contribution in [0.5, 0.6) is 0 Å². The monoisotopic (exact) mass is 571 g/mol. The van der Waals surface area contributed by atoms with Gasteiger partial charge in [0.1, 0.15) is 11.6 Å². The van der Waals surface area contributed by atoms with Crippen molar-refractivity contribution in [2.45, 2.75) is 64.8 Å². The average Bonchev–Trinajstić information content (AvgIpc) is 3.36. The number of unbranched alkanes of at least 4 members (excludes halogenated alkanes) is 1. The van der Waals surface area contributed by atoms with Crippen LogP contribution in [0.1, 0.15) is 63.3 Å². The van der Waals surface area contributed by atoms with Gasteiger partial charge in [0.25, 0.3) is 6.43 Å². The minimum atomic E-state index is -2.77. The van der Waals surface area contributed by atoms with Crippen molar-refractivity contribution < 1.29 is 23.0 Å². The fourth-order valence-electron chi connectivity index (χ4n) is 5.43. The summed E-state index contributed by atoms with van der Waals surface area (Å²) < 4.78 is 40.6. The predicted octanol–water partition coefficient (Wildman–Crippen LogP) is 5.40. The molecule has 3 heterocycles. The highest BCUT2D eigenvalue weighted by molar-refractivity contribution is 5.79. The van der Waals surface area contributed by atoms with Gasteiger partial charge in [-0.05, 0) is 62.6 Å². The van der Waals surface area contributed by atoms with E-state index in [0.29, 0.717) is 74.0 Å². The number of benzene rings is 1. The van der Waals surface area contributed by atoms with Crippen LogP contribution in [0.4, 0.5) is 25.3 Å². The summed E-state index contributed by atoms with van der Waals surface area (Å²) in [7, 11) is 0. The minimum absolute atomic E-state index is 0.110. The first-order valence-corrected chi connectivity index (χ1v) is 14.6. The molecule has 0 atom stereocenters. The van der Waals surface area contributed by atoms with Crippen LogP contribution in [0.2, 0.25) is 0 Å². The molecule has 1 saturated heterocycles. The molecule has 2 fully saturated rings. The van der Waals surface area contributed by atoms with Crippen molar-refractivity contribution >= 4 is 28.9 Å². The zero-order chi connectivity index (χ0) is 28.8. The topological polar surface area (TPSA) is 106 Å². The Labute approximate surface area is 238 Å². The third-order valence-electron chi connectivity index (χ3n) is 7.74. The first kappa shape index (κ1) is 29.0. The third-order valence-corrected chi connectivity index (χ3v) is 7.74. The zero-order valence-corrected chi connectivity index (χ0v) is 23.7. The molecule has 1 saturated carbocycles. The van der Waals surface area contributed by atoms with Gasteiger partial charge >= 0.3 is 6.09 Å². The molecule has 1 aliphatic heterocycles. The third kappa shape index (κ3) is 7.22. The van der Waals surface area contributed by atoms with E-state index in [1.54, 1.807) is 12.1 Å². The Kier molecular flexibility index (Phi) is 9.48. The smallest absolute Gasteiger partial charge is 0.407 e. The maximum atomic E-state index is 14.2.